The van der Waals surface area contributed by atoms with Crippen LogP contribution in [0, 0.1) is 0 Å². The first-order valence-corrected chi connectivity index (χ1v) is 7.00. The molecule has 0 radical (unpaired) electrons. The lowest BCUT2D eigenvalue weighted by Crippen LogP contribution is -2.22. The van der Waals surface area contributed by atoms with Crippen molar-refractivity contribution in [3.05, 3.63) is 29.8 Å². The summed E-state index contributed by atoms with van der Waals surface area (Å²) in [6.07, 6.45) is 1.76. The molecule has 1 aromatic carbocycles. The molecular weight excluding hydrogens is 238 g/mol. The fraction of sp³-hybridized carbons (Fsp3) is 0.364. The summed E-state index contributed by atoms with van der Waals surface area (Å²) in [7, 11) is -3.40. The van der Waals surface area contributed by atoms with Crippen LogP contribution in [0.4, 0.5) is 0 Å². The lowest BCUT2D eigenvalue weighted by atomic mass is 10.2. The summed E-state index contributed by atoms with van der Waals surface area (Å²) in [5, 5.41) is 0. The van der Waals surface area contributed by atoms with Crippen molar-refractivity contribution >= 4 is 15.9 Å². The maximum absolute atomic E-state index is 11.7. The summed E-state index contributed by atoms with van der Waals surface area (Å²) in [4.78, 5) is 4.57. The van der Waals surface area contributed by atoms with Crippen LogP contribution in [0.15, 0.2) is 34.2 Å². The number of sulfonamides is 1. The van der Waals surface area contributed by atoms with Crippen molar-refractivity contribution < 1.29 is 8.42 Å². The van der Waals surface area contributed by atoms with E-state index >= 15 is 0 Å². The molecule has 0 spiro atoms. The lowest BCUT2D eigenvalue weighted by molar-refractivity contribution is 0.595. The molecule has 0 fully saturated rings. The minimum absolute atomic E-state index is 0.303. The minimum atomic E-state index is -3.40. The number of amidine groups is 1. The van der Waals surface area contributed by atoms with Crippen molar-refractivity contribution in [3.63, 3.8) is 0 Å². The number of nitrogens with one attached hydrogen (secondary N) is 1. The number of hydrogen-bond acceptors (Lipinski definition) is 4. The average molecular weight is 253 g/mol. The molecule has 6 heteroatoms. The molecule has 0 aromatic heterocycles. The fourth-order valence-corrected chi connectivity index (χ4v) is 2.95. The third-order valence-electron chi connectivity index (χ3n) is 2.54. The summed E-state index contributed by atoms with van der Waals surface area (Å²) < 4.78 is 25.9. The second kappa shape index (κ2) is 4.85. The van der Waals surface area contributed by atoms with Gasteiger partial charge in [-0.15, -0.1) is 0 Å². The summed E-state index contributed by atoms with van der Waals surface area (Å²) in [5.74, 6) is 0.442. The van der Waals surface area contributed by atoms with Crippen LogP contribution >= 0.6 is 0 Å². The Kier molecular flexibility index (Phi) is 3.44. The number of hydrogen-bond donors (Lipinski definition) is 2. The maximum atomic E-state index is 11.7. The summed E-state index contributed by atoms with van der Waals surface area (Å²) in [6.45, 7) is 1.22. The fourth-order valence-electron chi connectivity index (χ4n) is 1.70. The van der Waals surface area contributed by atoms with E-state index in [9.17, 15) is 8.42 Å². The highest BCUT2D eigenvalue weighted by atomic mass is 32.2. The van der Waals surface area contributed by atoms with Gasteiger partial charge < -0.3 is 5.73 Å². The zero-order valence-electron chi connectivity index (χ0n) is 9.39. The third kappa shape index (κ3) is 2.48. The van der Waals surface area contributed by atoms with Gasteiger partial charge in [0, 0.05) is 12.1 Å². The molecule has 0 bridgehead atoms. The highest BCUT2D eigenvalue weighted by Gasteiger charge is 2.29. The van der Waals surface area contributed by atoms with E-state index in [4.69, 9.17) is 5.73 Å². The molecule has 92 valence electrons. The van der Waals surface area contributed by atoms with Gasteiger partial charge in [-0.3, -0.25) is 9.71 Å². The van der Waals surface area contributed by atoms with Gasteiger partial charge in [0.15, 0.2) is 0 Å². The molecule has 1 aromatic rings. The molecule has 1 aliphatic heterocycles. The zero-order chi connectivity index (χ0) is 12.3. The predicted molar refractivity (Wildman–Crippen MR) is 66.5 cm³/mol. The van der Waals surface area contributed by atoms with Gasteiger partial charge in [0.2, 0.25) is 0 Å². The number of nitrogens with two attached hydrogens (primary N) is 1. The van der Waals surface area contributed by atoms with Gasteiger partial charge in [0.1, 0.15) is 5.84 Å². The number of aliphatic imine (C=N–C) groups is 1. The van der Waals surface area contributed by atoms with Gasteiger partial charge >= 0.3 is 0 Å². The van der Waals surface area contributed by atoms with E-state index in [-0.39, 0.29) is 0 Å². The van der Waals surface area contributed by atoms with Crippen molar-refractivity contribution in [2.24, 2.45) is 10.7 Å². The van der Waals surface area contributed by atoms with Gasteiger partial charge in [0.25, 0.3) is 10.0 Å². The van der Waals surface area contributed by atoms with E-state index in [0.717, 1.165) is 12.8 Å². The number of rotatable bonds is 4. The third-order valence-corrected chi connectivity index (χ3v) is 3.94. The van der Waals surface area contributed by atoms with E-state index in [1.54, 1.807) is 24.3 Å². The molecule has 0 saturated heterocycles. The largest absolute Gasteiger partial charge is 0.330 e. The standard InChI is InChI=1S/C11H15N3O2S/c12-7-3-4-8-13-11-9-5-1-2-6-10(9)17(15,16)14-11/h1-2,5-6H,3-4,7-8,12H2,(H,13,14). The molecule has 0 amide bonds. The van der Waals surface area contributed by atoms with Crippen molar-refractivity contribution in [2.75, 3.05) is 13.1 Å². The van der Waals surface area contributed by atoms with E-state index in [2.05, 4.69) is 9.71 Å². The molecular formula is C11H15N3O2S. The molecule has 0 aliphatic carbocycles. The highest BCUT2D eigenvalue weighted by Crippen LogP contribution is 2.22. The Bertz CT molecular complexity index is 537. The first-order chi connectivity index (χ1) is 8.15. The number of benzene rings is 1. The van der Waals surface area contributed by atoms with Crippen LogP contribution in [0.1, 0.15) is 18.4 Å². The van der Waals surface area contributed by atoms with Crippen LogP contribution < -0.4 is 10.5 Å². The molecule has 17 heavy (non-hydrogen) atoms. The Labute approximate surface area is 101 Å². The maximum Gasteiger partial charge on any atom is 0.263 e. The number of unbranched alkanes of at least 4 members (excludes halogenated alkanes) is 1. The molecule has 0 unspecified atom stereocenters. The van der Waals surface area contributed by atoms with Crippen LogP contribution in [0.5, 0.6) is 0 Å². The quantitative estimate of drug-likeness (QED) is 0.765. The lowest BCUT2D eigenvalue weighted by Gasteiger charge is -1.98. The van der Waals surface area contributed by atoms with Crippen LogP contribution in [-0.4, -0.2) is 27.3 Å². The summed E-state index contributed by atoms with van der Waals surface area (Å²) in [6, 6.07) is 6.85. The number of nitrogens with zero attached hydrogens (tertiary/aromatic N) is 1. The Morgan fingerprint density at radius 3 is 2.76 bits per heavy atom. The molecule has 0 atom stereocenters. The SMILES string of the molecule is NCCCCN=C1NS(=O)(=O)c2ccccc21. The highest BCUT2D eigenvalue weighted by molar-refractivity contribution is 7.90. The minimum Gasteiger partial charge on any atom is -0.330 e. The second-order valence-corrected chi connectivity index (χ2v) is 5.48. The zero-order valence-corrected chi connectivity index (χ0v) is 10.2. The van der Waals surface area contributed by atoms with Gasteiger partial charge in [-0.25, -0.2) is 8.42 Å². The van der Waals surface area contributed by atoms with E-state index in [1.165, 1.54) is 0 Å². The van der Waals surface area contributed by atoms with Gasteiger partial charge in [-0.2, -0.15) is 0 Å². The Morgan fingerprint density at radius 2 is 2.00 bits per heavy atom. The van der Waals surface area contributed by atoms with Gasteiger partial charge in [-0.1, -0.05) is 12.1 Å². The van der Waals surface area contributed by atoms with Crippen molar-refractivity contribution in [2.45, 2.75) is 17.7 Å². The monoisotopic (exact) mass is 253 g/mol. The molecule has 3 N–H and O–H groups in total. The average Bonchev–Trinajstić information content (AvgIpc) is 2.58. The van der Waals surface area contributed by atoms with E-state index in [0.29, 0.717) is 29.4 Å². The van der Waals surface area contributed by atoms with Gasteiger partial charge in [-0.05, 0) is 31.5 Å². The second-order valence-electron chi connectivity index (χ2n) is 3.83. The van der Waals surface area contributed by atoms with Gasteiger partial charge in [0.05, 0.1) is 4.90 Å². The molecule has 2 rings (SSSR count). The first kappa shape index (κ1) is 12.1. The Hall–Kier alpha value is -1.40. The van der Waals surface area contributed by atoms with Crippen molar-refractivity contribution in [3.8, 4) is 0 Å². The number of fused-ring (bicyclic) bond motifs is 1. The van der Waals surface area contributed by atoms with Crippen LogP contribution in [0.2, 0.25) is 0 Å². The van der Waals surface area contributed by atoms with Crippen LogP contribution in [-0.2, 0) is 10.0 Å². The topological polar surface area (TPSA) is 84.5 Å². The van der Waals surface area contributed by atoms with Crippen LogP contribution in [0.3, 0.4) is 0 Å². The summed E-state index contributed by atoms with van der Waals surface area (Å²) >= 11 is 0. The Morgan fingerprint density at radius 1 is 1.24 bits per heavy atom. The predicted octanol–water partition coefficient (Wildman–Crippen LogP) is 0.464. The van der Waals surface area contributed by atoms with Crippen LogP contribution in [0.25, 0.3) is 0 Å². The van der Waals surface area contributed by atoms with E-state index in [1.807, 2.05) is 0 Å². The normalized spacial score (nSPS) is 19.0. The Balaban J connectivity index is 2.23. The summed E-state index contributed by atoms with van der Waals surface area (Å²) in [5.41, 5.74) is 6.04. The molecule has 5 nitrogen and oxygen atoms in total. The first-order valence-electron chi connectivity index (χ1n) is 5.52. The van der Waals surface area contributed by atoms with E-state index < -0.39 is 10.0 Å². The van der Waals surface area contributed by atoms with Crippen molar-refractivity contribution in [1.82, 2.24) is 4.72 Å². The molecule has 1 aliphatic rings. The molecule has 0 saturated carbocycles. The smallest absolute Gasteiger partial charge is 0.263 e. The van der Waals surface area contributed by atoms with Crippen molar-refractivity contribution in [1.29, 1.82) is 0 Å². The molecule has 1 heterocycles.